The molecule has 0 aromatic heterocycles. The zero-order valence-corrected chi connectivity index (χ0v) is 10.6. The molecule has 0 bridgehead atoms. The molecule has 1 aromatic carbocycles. The standard InChI is InChI=1S/C11H11ClFNO5/c1-2-19-11(16)10(15)9(14(17)18)7-5-6(13)3-4-8(7)12/h3-5,9-10,15H,2H2,1H3. The van der Waals surface area contributed by atoms with Crippen molar-refractivity contribution in [2.24, 2.45) is 0 Å². The largest absolute Gasteiger partial charge is 0.464 e. The van der Waals surface area contributed by atoms with Crippen molar-refractivity contribution in [1.29, 1.82) is 0 Å². The topological polar surface area (TPSA) is 89.7 Å². The van der Waals surface area contributed by atoms with Crippen LogP contribution in [-0.4, -0.2) is 28.7 Å². The van der Waals surface area contributed by atoms with Crippen molar-refractivity contribution < 1.29 is 24.0 Å². The minimum atomic E-state index is -2.06. The van der Waals surface area contributed by atoms with E-state index >= 15 is 0 Å². The van der Waals surface area contributed by atoms with Gasteiger partial charge in [0.2, 0.25) is 6.10 Å². The first kappa shape index (κ1) is 15.3. The Kier molecular flexibility index (Phi) is 5.20. The fourth-order valence-electron chi connectivity index (χ4n) is 1.50. The van der Waals surface area contributed by atoms with Crippen LogP contribution in [0.2, 0.25) is 5.02 Å². The predicted octanol–water partition coefficient (Wildman–Crippen LogP) is 1.72. The average molecular weight is 292 g/mol. The number of aliphatic hydroxyl groups is 1. The number of carbonyl (C=O) groups is 1. The summed E-state index contributed by atoms with van der Waals surface area (Å²) in [6.07, 6.45) is -2.06. The minimum Gasteiger partial charge on any atom is -0.464 e. The smallest absolute Gasteiger partial charge is 0.342 e. The first-order chi connectivity index (χ1) is 8.88. The van der Waals surface area contributed by atoms with Crippen LogP contribution in [0.1, 0.15) is 18.5 Å². The van der Waals surface area contributed by atoms with Gasteiger partial charge >= 0.3 is 5.97 Å². The van der Waals surface area contributed by atoms with E-state index in [1.54, 1.807) is 0 Å². The number of carbonyl (C=O) groups excluding carboxylic acids is 1. The van der Waals surface area contributed by atoms with Crippen LogP contribution < -0.4 is 0 Å². The number of nitro groups is 1. The molecule has 1 aromatic rings. The van der Waals surface area contributed by atoms with Gasteiger partial charge in [0.25, 0.3) is 6.04 Å². The highest BCUT2D eigenvalue weighted by Crippen LogP contribution is 2.29. The summed E-state index contributed by atoms with van der Waals surface area (Å²) in [5.74, 6) is -1.92. The van der Waals surface area contributed by atoms with E-state index in [1.807, 2.05) is 0 Å². The first-order valence-electron chi connectivity index (χ1n) is 5.31. The van der Waals surface area contributed by atoms with Gasteiger partial charge in [0.15, 0.2) is 0 Å². The van der Waals surface area contributed by atoms with E-state index < -0.39 is 28.9 Å². The Morgan fingerprint density at radius 3 is 2.79 bits per heavy atom. The van der Waals surface area contributed by atoms with Gasteiger partial charge in [-0.25, -0.2) is 9.18 Å². The third-order valence-corrected chi connectivity index (χ3v) is 2.68. The predicted molar refractivity (Wildman–Crippen MR) is 63.8 cm³/mol. The maximum Gasteiger partial charge on any atom is 0.342 e. The highest BCUT2D eigenvalue weighted by Gasteiger charge is 2.39. The minimum absolute atomic E-state index is 0.0444. The van der Waals surface area contributed by atoms with Gasteiger partial charge in [-0.2, -0.15) is 0 Å². The number of hydrogen-bond acceptors (Lipinski definition) is 5. The molecule has 2 atom stereocenters. The van der Waals surface area contributed by atoms with Gasteiger partial charge in [-0.05, 0) is 25.1 Å². The van der Waals surface area contributed by atoms with Crippen LogP contribution in [0.3, 0.4) is 0 Å². The normalized spacial score (nSPS) is 13.7. The Bertz CT molecular complexity index is 496. The summed E-state index contributed by atoms with van der Waals surface area (Å²) in [7, 11) is 0. The number of halogens is 2. The number of ether oxygens (including phenoxy) is 1. The van der Waals surface area contributed by atoms with Crippen LogP contribution in [0.25, 0.3) is 0 Å². The monoisotopic (exact) mass is 291 g/mol. The van der Waals surface area contributed by atoms with E-state index in [0.717, 1.165) is 18.2 Å². The fraction of sp³-hybridized carbons (Fsp3) is 0.364. The molecule has 1 N–H and O–H groups in total. The number of aliphatic hydroxyl groups excluding tert-OH is 1. The highest BCUT2D eigenvalue weighted by atomic mass is 35.5. The lowest BCUT2D eigenvalue weighted by Gasteiger charge is -2.16. The maximum absolute atomic E-state index is 13.1. The zero-order chi connectivity index (χ0) is 14.6. The molecule has 0 aliphatic rings. The van der Waals surface area contributed by atoms with Crippen LogP contribution >= 0.6 is 11.6 Å². The lowest BCUT2D eigenvalue weighted by molar-refractivity contribution is -0.538. The van der Waals surface area contributed by atoms with Gasteiger partial charge in [-0.15, -0.1) is 0 Å². The van der Waals surface area contributed by atoms with Crippen LogP contribution in [0.5, 0.6) is 0 Å². The number of hydrogen-bond donors (Lipinski definition) is 1. The lowest BCUT2D eigenvalue weighted by atomic mass is 10.0. The summed E-state index contributed by atoms with van der Waals surface area (Å²) < 4.78 is 17.6. The number of rotatable bonds is 5. The van der Waals surface area contributed by atoms with Crippen LogP contribution in [0, 0.1) is 15.9 Å². The summed E-state index contributed by atoms with van der Waals surface area (Å²) in [6.45, 7) is 1.44. The molecular formula is C11H11ClFNO5. The second kappa shape index (κ2) is 6.44. The molecule has 0 saturated heterocycles. The highest BCUT2D eigenvalue weighted by molar-refractivity contribution is 6.31. The van der Waals surface area contributed by atoms with Crippen molar-refractivity contribution in [3.05, 3.63) is 44.7 Å². The van der Waals surface area contributed by atoms with Crippen LogP contribution in [0.15, 0.2) is 18.2 Å². The van der Waals surface area contributed by atoms with E-state index in [4.69, 9.17) is 11.6 Å². The Labute approximate surface area is 112 Å². The molecule has 0 saturated carbocycles. The number of nitrogens with zero attached hydrogens (tertiary/aromatic N) is 1. The molecular weight excluding hydrogens is 281 g/mol. The average Bonchev–Trinajstić information content (AvgIpc) is 2.33. The second-order valence-corrected chi connectivity index (χ2v) is 4.00. The van der Waals surface area contributed by atoms with Crippen molar-refractivity contribution in [2.45, 2.75) is 19.1 Å². The van der Waals surface area contributed by atoms with E-state index in [2.05, 4.69) is 4.74 Å². The maximum atomic E-state index is 13.1. The van der Waals surface area contributed by atoms with Gasteiger partial charge in [0.05, 0.1) is 17.2 Å². The fourth-order valence-corrected chi connectivity index (χ4v) is 1.73. The Morgan fingerprint density at radius 1 is 1.63 bits per heavy atom. The zero-order valence-electron chi connectivity index (χ0n) is 9.88. The summed E-state index contributed by atoms with van der Waals surface area (Å²) in [4.78, 5) is 21.4. The quantitative estimate of drug-likeness (QED) is 0.507. The van der Waals surface area contributed by atoms with Gasteiger partial charge in [-0.3, -0.25) is 10.1 Å². The number of benzene rings is 1. The Balaban J connectivity index is 3.17. The molecule has 0 amide bonds. The molecule has 104 valence electrons. The van der Waals surface area contributed by atoms with E-state index in [1.165, 1.54) is 6.92 Å². The van der Waals surface area contributed by atoms with Crippen molar-refractivity contribution in [1.82, 2.24) is 0 Å². The molecule has 0 aliphatic heterocycles. The molecule has 2 unspecified atom stereocenters. The van der Waals surface area contributed by atoms with Crippen LogP contribution in [0.4, 0.5) is 4.39 Å². The van der Waals surface area contributed by atoms with E-state index in [9.17, 15) is 24.4 Å². The molecule has 0 radical (unpaired) electrons. The van der Waals surface area contributed by atoms with Gasteiger partial charge in [0.1, 0.15) is 5.82 Å². The summed E-state index contributed by atoms with van der Waals surface area (Å²) in [6, 6.07) is 1.04. The molecule has 0 heterocycles. The first-order valence-corrected chi connectivity index (χ1v) is 5.69. The van der Waals surface area contributed by atoms with Gasteiger partial charge < -0.3 is 9.84 Å². The Morgan fingerprint density at radius 2 is 2.26 bits per heavy atom. The summed E-state index contributed by atoms with van der Waals surface area (Å²) in [5, 5.41) is 20.5. The van der Waals surface area contributed by atoms with Gasteiger partial charge in [-0.1, -0.05) is 11.6 Å². The van der Waals surface area contributed by atoms with Crippen molar-refractivity contribution in [3.8, 4) is 0 Å². The molecule has 0 aliphatic carbocycles. The second-order valence-electron chi connectivity index (χ2n) is 3.59. The summed E-state index contributed by atoms with van der Waals surface area (Å²) in [5.41, 5.74) is -0.285. The molecule has 1 rings (SSSR count). The molecule has 0 fully saturated rings. The third kappa shape index (κ3) is 3.62. The van der Waals surface area contributed by atoms with E-state index in [0.29, 0.717) is 0 Å². The Hall–Kier alpha value is -1.73. The number of esters is 1. The van der Waals surface area contributed by atoms with Crippen molar-refractivity contribution in [2.75, 3.05) is 6.61 Å². The molecule has 6 nitrogen and oxygen atoms in total. The van der Waals surface area contributed by atoms with Crippen molar-refractivity contribution >= 4 is 17.6 Å². The molecule has 0 spiro atoms. The SMILES string of the molecule is CCOC(=O)C(O)C(c1cc(F)ccc1Cl)[N+](=O)[O-]. The van der Waals surface area contributed by atoms with E-state index in [-0.39, 0.29) is 17.2 Å². The summed E-state index contributed by atoms with van der Waals surface area (Å²) >= 11 is 5.73. The van der Waals surface area contributed by atoms with Gasteiger partial charge in [0, 0.05) is 4.92 Å². The third-order valence-electron chi connectivity index (χ3n) is 2.33. The van der Waals surface area contributed by atoms with Crippen LogP contribution in [-0.2, 0) is 9.53 Å². The van der Waals surface area contributed by atoms with Crippen molar-refractivity contribution in [3.63, 3.8) is 0 Å². The molecule has 19 heavy (non-hydrogen) atoms. The lowest BCUT2D eigenvalue weighted by Crippen LogP contribution is -2.34. The molecule has 8 heteroatoms.